The highest BCUT2D eigenvalue weighted by molar-refractivity contribution is 5.85. The molecule has 0 saturated carbocycles. The first-order chi connectivity index (χ1) is 5.69. The van der Waals surface area contributed by atoms with Crippen molar-refractivity contribution in [1.29, 1.82) is 5.26 Å². The molecule has 0 aliphatic carbocycles. The lowest BCUT2D eigenvalue weighted by Crippen LogP contribution is -2.03. The number of nitrogens with two attached hydrogens (primary N) is 1. The van der Waals surface area contributed by atoms with Crippen molar-refractivity contribution in [2.45, 2.75) is 6.54 Å². The minimum atomic E-state index is -0.769. The van der Waals surface area contributed by atoms with Crippen LogP contribution in [0.1, 0.15) is 11.1 Å². The summed E-state index contributed by atoms with van der Waals surface area (Å²) in [6.07, 6.45) is 0. The maximum Gasteiger partial charge on any atom is 0.131 e. The predicted molar refractivity (Wildman–Crippen MR) is 46.2 cm³/mol. The van der Waals surface area contributed by atoms with Crippen LogP contribution in [0.4, 0.5) is 8.78 Å². The summed E-state index contributed by atoms with van der Waals surface area (Å²) < 4.78 is 25.3. The third-order valence-electron chi connectivity index (χ3n) is 1.48. The monoisotopic (exact) mass is 204 g/mol. The molecule has 0 saturated heterocycles. The van der Waals surface area contributed by atoms with Crippen molar-refractivity contribution in [3.05, 3.63) is 34.9 Å². The molecule has 0 fully saturated rings. The van der Waals surface area contributed by atoms with Gasteiger partial charge in [-0.3, -0.25) is 0 Å². The molecule has 1 aromatic rings. The topological polar surface area (TPSA) is 49.8 Å². The molecule has 0 heterocycles. The van der Waals surface area contributed by atoms with E-state index in [0.29, 0.717) is 6.07 Å². The zero-order valence-corrected chi connectivity index (χ0v) is 7.37. The number of halogens is 3. The highest BCUT2D eigenvalue weighted by atomic mass is 35.5. The first-order valence-electron chi connectivity index (χ1n) is 3.27. The van der Waals surface area contributed by atoms with E-state index in [9.17, 15) is 8.78 Å². The lowest BCUT2D eigenvalue weighted by Gasteiger charge is -2.01. The third kappa shape index (κ3) is 2.38. The van der Waals surface area contributed by atoms with Gasteiger partial charge >= 0.3 is 0 Å². The van der Waals surface area contributed by atoms with Crippen molar-refractivity contribution in [2.24, 2.45) is 5.73 Å². The van der Waals surface area contributed by atoms with Gasteiger partial charge in [0.2, 0.25) is 0 Å². The van der Waals surface area contributed by atoms with Crippen molar-refractivity contribution in [1.82, 2.24) is 0 Å². The molecule has 0 aromatic heterocycles. The summed E-state index contributed by atoms with van der Waals surface area (Å²) in [7, 11) is 0. The minimum absolute atomic E-state index is 0. The first-order valence-corrected chi connectivity index (χ1v) is 3.27. The van der Waals surface area contributed by atoms with Crippen LogP contribution in [0.5, 0.6) is 0 Å². The molecule has 0 atom stereocenters. The third-order valence-corrected chi connectivity index (χ3v) is 1.48. The number of rotatable bonds is 1. The van der Waals surface area contributed by atoms with E-state index in [-0.39, 0.29) is 30.1 Å². The summed E-state index contributed by atoms with van der Waals surface area (Å²) in [5, 5.41) is 8.46. The molecule has 0 spiro atoms. The van der Waals surface area contributed by atoms with Crippen LogP contribution < -0.4 is 5.73 Å². The van der Waals surface area contributed by atoms with E-state index >= 15 is 0 Å². The predicted octanol–water partition coefficient (Wildman–Crippen LogP) is 1.72. The van der Waals surface area contributed by atoms with Crippen LogP contribution in [0.2, 0.25) is 0 Å². The van der Waals surface area contributed by atoms with Gasteiger partial charge in [0.1, 0.15) is 11.6 Å². The Kier molecular flexibility index (Phi) is 4.32. The Hall–Kier alpha value is -1.18. The van der Waals surface area contributed by atoms with Crippen LogP contribution in [-0.4, -0.2) is 0 Å². The van der Waals surface area contributed by atoms with Crippen molar-refractivity contribution in [2.75, 3.05) is 0 Å². The van der Waals surface area contributed by atoms with Gasteiger partial charge in [0.05, 0.1) is 11.6 Å². The van der Waals surface area contributed by atoms with Gasteiger partial charge in [-0.15, -0.1) is 12.4 Å². The van der Waals surface area contributed by atoms with E-state index < -0.39 is 11.6 Å². The van der Waals surface area contributed by atoms with Gasteiger partial charge in [-0.25, -0.2) is 8.78 Å². The Morgan fingerprint density at radius 1 is 1.38 bits per heavy atom. The van der Waals surface area contributed by atoms with Crippen LogP contribution >= 0.6 is 12.4 Å². The molecule has 0 radical (unpaired) electrons. The lowest BCUT2D eigenvalue weighted by molar-refractivity contribution is 0.571. The van der Waals surface area contributed by atoms with Gasteiger partial charge < -0.3 is 5.73 Å². The molecule has 2 nitrogen and oxygen atoms in total. The molecule has 70 valence electrons. The van der Waals surface area contributed by atoms with Gasteiger partial charge in [-0.05, 0) is 6.07 Å². The van der Waals surface area contributed by atoms with Crippen LogP contribution in [-0.2, 0) is 6.54 Å². The molecule has 5 heteroatoms. The zero-order valence-electron chi connectivity index (χ0n) is 6.55. The maximum absolute atomic E-state index is 12.8. The van der Waals surface area contributed by atoms with E-state index in [1.807, 2.05) is 0 Å². The van der Waals surface area contributed by atoms with Crippen LogP contribution in [0.25, 0.3) is 0 Å². The fraction of sp³-hybridized carbons (Fsp3) is 0.125. The SMILES string of the molecule is Cl.N#Cc1cc(F)cc(F)c1CN. The van der Waals surface area contributed by atoms with Crippen molar-refractivity contribution in [3.63, 3.8) is 0 Å². The molecule has 0 aliphatic rings. The number of hydrogen-bond acceptors (Lipinski definition) is 2. The van der Waals surface area contributed by atoms with E-state index in [0.717, 1.165) is 6.07 Å². The van der Waals surface area contributed by atoms with Gasteiger partial charge in [-0.2, -0.15) is 5.26 Å². The van der Waals surface area contributed by atoms with Gasteiger partial charge in [0.25, 0.3) is 0 Å². The first kappa shape index (κ1) is 11.8. The van der Waals surface area contributed by atoms with Gasteiger partial charge in [0.15, 0.2) is 0 Å². The van der Waals surface area contributed by atoms with Crippen molar-refractivity contribution < 1.29 is 8.78 Å². The summed E-state index contributed by atoms with van der Waals surface area (Å²) in [5.41, 5.74) is 5.17. The zero-order chi connectivity index (χ0) is 9.14. The Morgan fingerprint density at radius 3 is 2.46 bits per heavy atom. The van der Waals surface area contributed by atoms with E-state index in [1.165, 1.54) is 0 Å². The van der Waals surface area contributed by atoms with Crippen molar-refractivity contribution >= 4 is 12.4 Å². The van der Waals surface area contributed by atoms with E-state index in [2.05, 4.69) is 0 Å². The lowest BCUT2D eigenvalue weighted by atomic mass is 10.1. The molecule has 2 N–H and O–H groups in total. The Labute approximate surface area is 80.4 Å². The standard InChI is InChI=1S/C8H6F2N2.ClH/c9-6-1-5(3-11)7(4-12)8(10)2-6;/h1-2H,4,12H2;1H. The second-order valence-electron chi connectivity index (χ2n) is 2.23. The number of benzene rings is 1. The number of hydrogen-bond donors (Lipinski definition) is 1. The smallest absolute Gasteiger partial charge is 0.131 e. The second kappa shape index (κ2) is 4.75. The fourth-order valence-corrected chi connectivity index (χ4v) is 0.911. The maximum atomic E-state index is 12.8. The van der Waals surface area contributed by atoms with Crippen LogP contribution in [0.3, 0.4) is 0 Å². The van der Waals surface area contributed by atoms with Crippen LogP contribution in [0, 0.1) is 23.0 Å². The molecule has 0 amide bonds. The molecule has 1 rings (SSSR count). The quantitative estimate of drug-likeness (QED) is 0.757. The molecule has 0 bridgehead atoms. The summed E-state index contributed by atoms with van der Waals surface area (Å²) in [4.78, 5) is 0. The normalized spacial score (nSPS) is 8.77. The minimum Gasteiger partial charge on any atom is -0.326 e. The molecule has 0 aliphatic heterocycles. The van der Waals surface area contributed by atoms with Crippen molar-refractivity contribution in [3.8, 4) is 6.07 Å². The summed E-state index contributed by atoms with van der Waals surface area (Å²) >= 11 is 0. The number of nitrogens with zero attached hydrogens (tertiary/aromatic N) is 1. The number of nitriles is 1. The molecular weight excluding hydrogens is 198 g/mol. The summed E-state index contributed by atoms with van der Waals surface area (Å²) in [6, 6.07) is 3.34. The van der Waals surface area contributed by atoms with E-state index in [1.54, 1.807) is 6.07 Å². The molecule has 13 heavy (non-hydrogen) atoms. The van der Waals surface area contributed by atoms with Gasteiger partial charge in [0, 0.05) is 18.2 Å². The Morgan fingerprint density at radius 2 is 2.00 bits per heavy atom. The van der Waals surface area contributed by atoms with Crippen LogP contribution in [0.15, 0.2) is 12.1 Å². The van der Waals surface area contributed by atoms with Gasteiger partial charge in [-0.1, -0.05) is 0 Å². The summed E-state index contributed by atoms with van der Waals surface area (Å²) in [6.45, 7) is -0.102. The largest absolute Gasteiger partial charge is 0.326 e. The average Bonchev–Trinajstić information content (AvgIpc) is 2.03. The van der Waals surface area contributed by atoms with E-state index in [4.69, 9.17) is 11.0 Å². The average molecular weight is 205 g/mol. The highest BCUT2D eigenvalue weighted by Gasteiger charge is 2.08. The molecule has 0 unspecified atom stereocenters. The molecule has 1 aromatic carbocycles. The molecular formula is C8H7ClF2N2. The Bertz CT molecular complexity index is 347. The fourth-order valence-electron chi connectivity index (χ4n) is 0.911. The second-order valence-corrected chi connectivity index (χ2v) is 2.23. The highest BCUT2D eigenvalue weighted by Crippen LogP contribution is 2.14. The Balaban J connectivity index is 0.00000144. The summed E-state index contributed by atoms with van der Waals surface area (Å²) in [5.74, 6) is -1.53.